The predicted molar refractivity (Wildman–Crippen MR) is 85.2 cm³/mol. The zero-order valence-electron chi connectivity index (χ0n) is 14.0. The van der Waals surface area contributed by atoms with Crippen LogP contribution in [0.5, 0.6) is 0 Å². The van der Waals surface area contributed by atoms with Crippen LogP contribution in [-0.4, -0.2) is 39.2 Å². The summed E-state index contributed by atoms with van der Waals surface area (Å²) in [6, 6.07) is 2.81. The third kappa shape index (κ3) is 3.70. The van der Waals surface area contributed by atoms with Crippen molar-refractivity contribution < 1.29 is 24.4 Å². The minimum Gasteiger partial charge on any atom is -0.478 e. The Kier molecular flexibility index (Phi) is 4.36. The zero-order chi connectivity index (χ0) is 18.3. The SMILES string of the molecule is CC1(C)CC(NC(=O)c2cc(C(=O)O)cc([N+](=O)[O-])c2)C(C)(C)O1. The molecule has 1 unspecified atom stereocenters. The van der Waals surface area contributed by atoms with Crippen molar-refractivity contribution in [2.45, 2.75) is 51.4 Å². The average molecular weight is 336 g/mol. The zero-order valence-corrected chi connectivity index (χ0v) is 14.0. The normalized spacial score (nSPS) is 21.2. The Bertz CT molecular complexity index is 678. The van der Waals surface area contributed by atoms with E-state index in [-0.39, 0.29) is 17.2 Å². The van der Waals surface area contributed by atoms with Crippen LogP contribution in [0.15, 0.2) is 18.2 Å². The lowest BCUT2D eigenvalue weighted by Crippen LogP contribution is -2.46. The van der Waals surface area contributed by atoms with Gasteiger partial charge in [0.05, 0.1) is 27.7 Å². The minimum atomic E-state index is -1.33. The van der Waals surface area contributed by atoms with Gasteiger partial charge in [-0.3, -0.25) is 14.9 Å². The molecule has 2 rings (SSSR count). The minimum absolute atomic E-state index is 0.0675. The quantitative estimate of drug-likeness (QED) is 0.643. The van der Waals surface area contributed by atoms with Crippen LogP contribution in [-0.2, 0) is 4.74 Å². The third-order valence-corrected chi connectivity index (χ3v) is 4.02. The van der Waals surface area contributed by atoms with E-state index in [1.807, 2.05) is 27.7 Å². The molecular formula is C16H20N2O6. The molecule has 0 bridgehead atoms. The highest BCUT2D eigenvalue weighted by molar-refractivity contribution is 5.98. The smallest absolute Gasteiger partial charge is 0.335 e. The fourth-order valence-electron chi connectivity index (χ4n) is 3.00. The number of nitrogens with one attached hydrogen (secondary N) is 1. The number of hydrogen-bond acceptors (Lipinski definition) is 5. The molecule has 1 atom stereocenters. The summed E-state index contributed by atoms with van der Waals surface area (Å²) in [5.41, 5.74) is -1.83. The van der Waals surface area contributed by atoms with E-state index in [2.05, 4.69) is 5.32 Å². The molecular weight excluding hydrogens is 316 g/mol. The molecule has 24 heavy (non-hydrogen) atoms. The maximum absolute atomic E-state index is 12.5. The van der Waals surface area contributed by atoms with Crippen LogP contribution in [0, 0.1) is 10.1 Å². The Balaban J connectivity index is 2.30. The number of carbonyl (C=O) groups excluding carboxylic acids is 1. The van der Waals surface area contributed by atoms with Crippen molar-refractivity contribution in [2.75, 3.05) is 0 Å². The molecule has 0 radical (unpaired) electrons. The number of aromatic carboxylic acids is 1. The molecule has 1 aromatic carbocycles. The van der Waals surface area contributed by atoms with Gasteiger partial charge in [0, 0.05) is 17.7 Å². The van der Waals surface area contributed by atoms with Crippen LogP contribution in [0.25, 0.3) is 0 Å². The van der Waals surface area contributed by atoms with Gasteiger partial charge in [0.15, 0.2) is 0 Å². The molecule has 0 aliphatic carbocycles. The first-order chi connectivity index (χ1) is 10.9. The monoisotopic (exact) mass is 336 g/mol. The van der Waals surface area contributed by atoms with Gasteiger partial charge in [0.1, 0.15) is 0 Å². The van der Waals surface area contributed by atoms with Crippen LogP contribution < -0.4 is 5.32 Å². The Morgan fingerprint density at radius 3 is 2.29 bits per heavy atom. The number of benzene rings is 1. The summed E-state index contributed by atoms with van der Waals surface area (Å²) >= 11 is 0. The molecule has 1 heterocycles. The van der Waals surface area contributed by atoms with E-state index < -0.39 is 33.7 Å². The van der Waals surface area contributed by atoms with Crippen molar-refractivity contribution in [3.05, 3.63) is 39.4 Å². The fourth-order valence-corrected chi connectivity index (χ4v) is 3.00. The van der Waals surface area contributed by atoms with E-state index in [0.29, 0.717) is 6.42 Å². The van der Waals surface area contributed by atoms with Gasteiger partial charge in [-0.15, -0.1) is 0 Å². The van der Waals surface area contributed by atoms with Crippen LogP contribution in [0.1, 0.15) is 54.8 Å². The topological polar surface area (TPSA) is 119 Å². The lowest BCUT2D eigenvalue weighted by atomic mass is 9.94. The number of hydrogen-bond donors (Lipinski definition) is 2. The third-order valence-electron chi connectivity index (χ3n) is 4.02. The first-order valence-electron chi connectivity index (χ1n) is 7.45. The molecule has 1 fully saturated rings. The van der Waals surface area contributed by atoms with Crippen molar-refractivity contribution in [1.82, 2.24) is 5.32 Å². The highest BCUT2D eigenvalue weighted by atomic mass is 16.6. The highest BCUT2D eigenvalue weighted by Gasteiger charge is 2.46. The number of carboxylic acid groups (broad SMARTS) is 1. The molecule has 2 N–H and O–H groups in total. The lowest BCUT2D eigenvalue weighted by Gasteiger charge is -2.27. The van der Waals surface area contributed by atoms with Crippen molar-refractivity contribution in [3.8, 4) is 0 Å². The van der Waals surface area contributed by atoms with Gasteiger partial charge in [-0.05, 0) is 40.2 Å². The van der Waals surface area contributed by atoms with E-state index >= 15 is 0 Å². The highest BCUT2D eigenvalue weighted by Crippen LogP contribution is 2.37. The molecule has 1 aliphatic rings. The van der Waals surface area contributed by atoms with Gasteiger partial charge < -0.3 is 15.2 Å². The summed E-state index contributed by atoms with van der Waals surface area (Å²) in [6.07, 6.45) is 0.576. The number of non-ortho nitro benzene ring substituents is 1. The summed E-state index contributed by atoms with van der Waals surface area (Å²) in [7, 11) is 0. The van der Waals surface area contributed by atoms with Gasteiger partial charge in [0.2, 0.25) is 0 Å². The average Bonchev–Trinajstić information content (AvgIpc) is 2.65. The molecule has 1 aliphatic heterocycles. The van der Waals surface area contributed by atoms with E-state index in [4.69, 9.17) is 9.84 Å². The second kappa shape index (κ2) is 5.86. The van der Waals surface area contributed by atoms with Crippen molar-refractivity contribution >= 4 is 17.6 Å². The summed E-state index contributed by atoms with van der Waals surface area (Å²) in [4.78, 5) is 33.8. The van der Waals surface area contributed by atoms with Gasteiger partial charge in [-0.25, -0.2) is 4.79 Å². The number of carboxylic acids is 1. The number of nitro groups is 1. The fraction of sp³-hybridized carbons (Fsp3) is 0.500. The van der Waals surface area contributed by atoms with Gasteiger partial charge in [0.25, 0.3) is 11.6 Å². The number of rotatable bonds is 4. The second-order valence-electron chi connectivity index (χ2n) is 7.03. The molecule has 0 spiro atoms. The number of carbonyl (C=O) groups is 2. The van der Waals surface area contributed by atoms with Crippen LogP contribution in [0.4, 0.5) is 5.69 Å². The van der Waals surface area contributed by atoms with E-state index in [1.54, 1.807) is 0 Å². The van der Waals surface area contributed by atoms with E-state index in [0.717, 1.165) is 18.2 Å². The van der Waals surface area contributed by atoms with E-state index in [1.165, 1.54) is 0 Å². The lowest BCUT2D eigenvalue weighted by molar-refractivity contribution is -0.384. The van der Waals surface area contributed by atoms with Crippen molar-refractivity contribution in [2.24, 2.45) is 0 Å². The molecule has 0 aromatic heterocycles. The summed E-state index contributed by atoms with van der Waals surface area (Å²) < 4.78 is 5.89. The Morgan fingerprint density at radius 2 is 1.83 bits per heavy atom. The molecule has 1 aromatic rings. The van der Waals surface area contributed by atoms with E-state index in [9.17, 15) is 19.7 Å². The van der Waals surface area contributed by atoms with Crippen LogP contribution in [0.2, 0.25) is 0 Å². The number of nitro benzene ring substituents is 1. The molecule has 8 nitrogen and oxygen atoms in total. The first-order valence-corrected chi connectivity index (χ1v) is 7.45. The van der Waals surface area contributed by atoms with Crippen molar-refractivity contribution in [1.29, 1.82) is 0 Å². The maximum atomic E-state index is 12.5. The standard InChI is InChI=1S/C16H20N2O6/c1-15(2)8-12(16(3,4)24-15)17-13(19)9-5-10(14(20)21)7-11(6-9)18(22)23/h5-7,12H,8H2,1-4H3,(H,17,19)(H,20,21). The van der Waals surface area contributed by atoms with Crippen LogP contribution >= 0.6 is 0 Å². The summed E-state index contributed by atoms with van der Waals surface area (Å²) in [6.45, 7) is 7.53. The largest absolute Gasteiger partial charge is 0.478 e. The van der Waals surface area contributed by atoms with Crippen molar-refractivity contribution in [3.63, 3.8) is 0 Å². The first kappa shape index (κ1) is 17.9. The molecule has 1 amide bonds. The second-order valence-corrected chi connectivity index (χ2v) is 7.03. The van der Waals surface area contributed by atoms with Crippen LogP contribution in [0.3, 0.4) is 0 Å². The molecule has 0 saturated carbocycles. The maximum Gasteiger partial charge on any atom is 0.335 e. The molecule has 1 saturated heterocycles. The molecule has 8 heteroatoms. The molecule has 130 valence electrons. The van der Waals surface area contributed by atoms with Gasteiger partial charge >= 0.3 is 5.97 Å². The summed E-state index contributed by atoms with van der Waals surface area (Å²) in [5, 5.41) is 22.8. The Hall–Kier alpha value is -2.48. The number of nitrogens with zero attached hydrogens (tertiary/aromatic N) is 1. The number of amides is 1. The number of ether oxygens (including phenoxy) is 1. The Labute approximate surface area is 139 Å². The van der Waals surface area contributed by atoms with Gasteiger partial charge in [-0.2, -0.15) is 0 Å². The Morgan fingerprint density at radius 1 is 1.25 bits per heavy atom. The summed E-state index contributed by atoms with van der Waals surface area (Å²) in [5.74, 6) is -1.90. The van der Waals surface area contributed by atoms with Gasteiger partial charge in [-0.1, -0.05) is 0 Å². The predicted octanol–water partition coefficient (Wildman–Crippen LogP) is 2.37.